The zero-order chi connectivity index (χ0) is 24.3. The van der Waals surface area contributed by atoms with Crippen LogP contribution in [0.2, 0.25) is 0 Å². The van der Waals surface area contributed by atoms with Crippen LogP contribution in [-0.4, -0.2) is 44.7 Å². The fourth-order valence-electron chi connectivity index (χ4n) is 4.55. The van der Waals surface area contributed by atoms with E-state index in [4.69, 9.17) is 4.98 Å². The van der Waals surface area contributed by atoms with E-state index >= 15 is 0 Å². The van der Waals surface area contributed by atoms with E-state index in [0.717, 1.165) is 36.3 Å². The van der Waals surface area contributed by atoms with Gasteiger partial charge in [0, 0.05) is 25.5 Å². The first-order valence-corrected chi connectivity index (χ1v) is 11.8. The van der Waals surface area contributed by atoms with Gasteiger partial charge in [-0.1, -0.05) is 24.3 Å². The molecular weight excluding hydrogens is 424 g/mol. The highest BCUT2D eigenvalue weighted by Gasteiger charge is 2.35. The summed E-state index contributed by atoms with van der Waals surface area (Å²) in [5.74, 6) is -0.378. The highest BCUT2D eigenvalue weighted by Crippen LogP contribution is 2.29. The third kappa shape index (κ3) is 4.77. The van der Waals surface area contributed by atoms with Crippen molar-refractivity contribution in [2.45, 2.75) is 52.6 Å². The largest absolute Gasteiger partial charge is 0.287 e. The van der Waals surface area contributed by atoms with Crippen LogP contribution in [-0.2, 0) is 12.1 Å². The van der Waals surface area contributed by atoms with Gasteiger partial charge in [0.2, 0.25) is 0 Å². The van der Waals surface area contributed by atoms with Crippen molar-refractivity contribution >= 4 is 11.8 Å². The van der Waals surface area contributed by atoms with E-state index in [9.17, 15) is 9.59 Å². The molecule has 1 aliphatic heterocycles. The summed E-state index contributed by atoms with van der Waals surface area (Å²) in [6.45, 7) is 10.4. The van der Waals surface area contributed by atoms with Gasteiger partial charge in [-0.05, 0) is 82.5 Å². The van der Waals surface area contributed by atoms with E-state index in [1.165, 1.54) is 10.5 Å². The molecule has 176 valence electrons. The predicted octanol–water partition coefficient (Wildman–Crippen LogP) is 4.91. The lowest BCUT2D eigenvalue weighted by molar-refractivity contribution is 0.0642. The number of hydrogen-bond acceptors (Lipinski definition) is 5. The van der Waals surface area contributed by atoms with Crippen LogP contribution < -0.4 is 0 Å². The van der Waals surface area contributed by atoms with Crippen molar-refractivity contribution in [3.63, 3.8) is 0 Å². The molecule has 2 aromatic heterocycles. The molecule has 3 aromatic rings. The molecular formula is C28H32N4O2. The van der Waals surface area contributed by atoms with Crippen molar-refractivity contribution in [2.75, 3.05) is 13.1 Å². The zero-order valence-electron chi connectivity index (χ0n) is 20.4. The molecule has 1 aliphatic rings. The van der Waals surface area contributed by atoms with Gasteiger partial charge in [-0.15, -0.1) is 0 Å². The first kappa shape index (κ1) is 23.8. The van der Waals surface area contributed by atoms with Crippen molar-refractivity contribution in [2.24, 2.45) is 0 Å². The minimum Gasteiger partial charge on any atom is -0.287 e. The Kier molecular flexibility index (Phi) is 6.89. The monoisotopic (exact) mass is 456 g/mol. The maximum atomic E-state index is 12.7. The van der Waals surface area contributed by atoms with Crippen molar-refractivity contribution in [1.29, 1.82) is 0 Å². The Morgan fingerprint density at radius 2 is 1.59 bits per heavy atom. The fourth-order valence-corrected chi connectivity index (χ4v) is 4.55. The van der Waals surface area contributed by atoms with E-state index < -0.39 is 0 Å². The standard InChI is InChI=1S/C28H32N4O2/c1-20-17-21(2)24(30-18-20)19-31(28(3,4)25-13-7-8-14-29-25)15-9-10-16-32-26(33)22-11-5-6-12-23(22)27(32)34/h5-8,11-14,17-18H,9-10,15-16,19H2,1-4H3. The lowest BCUT2D eigenvalue weighted by Crippen LogP contribution is -2.43. The summed E-state index contributed by atoms with van der Waals surface area (Å²) in [5, 5.41) is 0. The number of rotatable bonds is 9. The van der Waals surface area contributed by atoms with E-state index in [-0.39, 0.29) is 17.4 Å². The molecule has 0 bridgehead atoms. The fraction of sp³-hybridized carbons (Fsp3) is 0.357. The Bertz CT molecular complexity index is 1160. The number of hydrogen-bond donors (Lipinski definition) is 0. The number of nitrogens with zero attached hydrogens (tertiary/aromatic N) is 4. The van der Waals surface area contributed by atoms with Crippen LogP contribution in [0.15, 0.2) is 60.9 Å². The van der Waals surface area contributed by atoms with Gasteiger partial charge in [0.1, 0.15) is 0 Å². The van der Waals surface area contributed by atoms with Crippen molar-refractivity contribution in [3.8, 4) is 0 Å². The molecule has 6 heteroatoms. The van der Waals surface area contributed by atoms with Crippen LogP contribution in [0, 0.1) is 13.8 Å². The van der Waals surface area contributed by atoms with Gasteiger partial charge in [0.05, 0.1) is 28.1 Å². The molecule has 0 fully saturated rings. The van der Waals surface area contributed by atoms with Crippen LogP contribution in [0.25, 0.3) is 0 Å². The Balaban J connectivity index is 1.46. The van der Waals surface area contributed by atoms with E-state index in [0.29, 0.717) is 24.2 Å². The number of amides is 2. The lowest BCUT2D eigenvalue weighted by Gasteiger charge is -2.38. The normalized spacial score (nSPS) is 13.6. The number of aromatic nitrogens is 2. The Hall–Kier alpha value is -3.38. The molecule has 4 rings (SSSR count). The average Bonchev–Trinajstić information content (AvgIpc) is 3.07. The van der Waals surface area contributed by atoms with Crippen molar-refractivity contribution < 1.29 is 9.59 Å². The minimum absolute atomic E-state index is 0.189. The molecule has 0 radical (unpaired) electrons. The van der Waals surface area contributed by atoms with Gasteiger partial charge in [-0.3, -0.25) is 29.4 Å². The van der Waals surface area contributed by atoms with Gasteiger partial charge in [-0.2, -0.15) is 0 Å². The van der Waals surface area contributed by atoms with E-state index in [1.54, 1.807) is 24.3 Å². The molecule has 0 atom stereocenters. The van der Waals surface area contributed by atoms with Crippen LogP contribution in [0.5, 0.6) is 0 Å². The quantitative estimate of drug-likeness (QED) is 0.338. The maximum Gasteiger partial charge on any atom is 0.261 e. The molecule has 2 amide bonds. The second-order valence-electron chi connectivity index (χ2n) is 9.49. The van der Waals surface area contributed by atoms with Crippen molar-refractivity contribution in [3.05, 3.63) is 94.6 Å². The number of aryl methyl sites for hydroxylation is 2. The number of benzene rings is 1. The van der Waals surface area contributed by atoms with Crippen LogP contribution in [0.3, 0.4) is 0 Å². The lowest BCUT2D eigenvalue weighted by atomic mass is 9.95. The zero-order valence-corrected chi connectivity index (χ0v) is 20.4. The van der Waals surface area contributed by atoms with Gasteiger partial charge < -0.3 is 0 Å². The van der Waals surface area contributed by atoms with Gasteiger partial charge in [-0.25, -0.2) is 0 Å². The molecule has 34 heavy (non-hydrogen) atoms. The number of pyridine rings is 2. The molecule has 6 nitrogen and oxygen atoms in total. The Labute approximate surface area is 201 Å². The third-order valence-electron chi connectivity index (χ3n) is 6.68. The second-order valence-corrected chi connectivity index (χ2v) is 9.49. The molecule has 0 saturated heterocycles. The molecule has 1 aromatic carbocycles. The van der Waals surface area contributed by atoms with E-state index in [2.05, 4.69) is 49.7 Å². The second kappa shape index (κ2) is 9.85. The number of fused-ring (bicyclic) bond motifs is 1. The summed E-state index contributed by atoms with van der Waals surface area (Å²) in [7, 11) is 0. The highest BCUT2D eigenvalue weighted by molar-refractivity contribution is 6.21. The van der Waals surface area contributed by atoms with Gasteiger partial charge in [0.15, 0.2) is 0 Å². The summed E-state index contributed by atoms with van der Waals surface area (Å²) >= 11 is 0. The number of imide groups is 1. The van der Waals surface area contributed by atoms with Crippen LogP contribution in [0.1, 0.15) is 69.9 Å². The maximum absolute atomic E-state index is 12.7. The number of carbonyl (C=O) groups excluding carboxylic acids is 2. The average molecular weight is 457 g/mol. The third-order valence-corrected chi connectivity index (χ3v) is 6.68. The first-order chi connectivity index (χ1) is 16.3. The van der Waals surface area contributed by atoms with Gasteiger partial charge in [0.25, 0.3) is 11.8 Å². The molecule has 0 unspecified atom stereocenters. The molecule has 0 N–H and O–H groups in total. The van der Waals surface area contributed by atoms with Crippen LogP contribution in [0.4, 0.5) is 0 Å². The molecule has 0 spiro atoms. The summed E-state index contributed by atoms with van der Waals surface area (Å²) in [6, 6.07) is 15.2. The predicted molar refractivity (Wildman–Crippen MR) is 132 cm³/mol. The summed E-state index contributed by atoms with van der Waals surface area (Å²) < 4.78 is 0. The minimum atomic E-state index is -0.310. The molecule has 3 heterocycles. The topological polar surface area (TPSA) is 66.4 Å². The Morgan fingerprint density at radius 1 is 0.912 bits per heavy atom. The Morgan fingerprint density at radius 3 is 2.21 bits per heavy atom. The smallest absolute Gasteiger partial charge is 0.261 e. The van der Waals surface area contributed by atoms with Crippen LogP contribution >= 0.6 is 0 Å². The van der Waals surface area contributed by atoms with Crippen molar-refractivity contribution in [1.82, 2.24) is 19.8 Å². The highest BCUT2D eigenvalue weighted by atomic mass is 16.2. The summed E-state index contributed by atoms with van der Waals surface area (Å²) in [6.07, 6.45) is 5.32. The molecule has 0 saturated carbocycles. The molecule has 0 aliphatic carbocycles. The summed E-state index contributed by atoms with van der Waals surface area (Å²) in [4.78, 5) is 38.4. The number of unbranched alkanes of at least 4 members (excludes halogenated alkanes) is 1. The number of carbonyl (C=O) groups is 2. The SMILES string of the molecule is Cc1cnc(CN(CCCCN2C(=O)c3ccccc3C2=O)C(C)(C)c2ccccn2)c(C)c1. The first-order valence-electron chi connectivity index (χ1n) is 11.8. The van der Waals surface area contributed by atoms with Gasteiger partial charge >= 0.3 is 0 Å². The van der Waals surface area contributed by atoms with E-state index in [1.807, 2.05) is 24.5 Å². The summed E-state index contributed by atoms with van der Waals surface area (Å²) in [5.41, 5.74) is 5.08.